The van der Waals surface area contributed by atoms with Crippen LogP contribution in [0.25, 0.3) is 16.4 Å². The summed E-state index contributed by atoms with van der Waals surface area (Å²) >= 11 is 0. The number of nitrogens with zero attached hydrogens (tertiary/aromatic N) is 3. The van der Waals surface area contributed by atoms with Crippen LogP contribution in [0.1, 0.15) is 10.4 Å². The zero-order chi connectivity index (χ0) is 11.5. The van der Waals surface area contributed by atoms with Gasteiger partial charge in [-0.3, -0.25) is 9.78 Å². The molecule has 0 radical (unpaired) electrons. The normalized spacial score (nSPS) is 9.75. The van der Waals surface area contributed by atoms with Crippen LogP contribution < -0.4 is 5.73 Å². The molecule has 0 bridgehead atoms. The van der Waals surface area contributed by atoms with E-state index in [4.69, 9.17) is 11.3 Å². The van der Waals surface area contributed by atoms with E-state index < -0.39 is 5.78 Å². The summed E-state index contributed by atoms with van der Waals surface area (Å²) in [5.41, 5.74) is 15.4. The molecule has 0 aliphatic heterocycles. The largest absolute Gasteiger partial charge is 0.398 e. The number of nitrogens with two attached hydrogens (primary N) is 1. The summed E-state index contributed by atoms with van der Waals surface area (Å²) in [5, 5.41) is 0.708. The van der Waals surface area contributed by atoms with Gasteiger partial charge in [-0.05, 0) is 6.07 Å². The number of fused-ring (bicyclic) bond motifs is 1. The fourth-order valence-electron chi connectivity index (χ4n) is 1.48. The summed E-state index contributed by atoms with van der Waals surface area (Å²) in [6, 6.07) is 7.24. The minimum atomic E-state index is -0.474. The number of nitrogen functional groups attached to an aromatic ring is 1. The molecule has 0 fully saturated rings. The fraction of sp³-hybridized carbons (Fsp3) is 0. The molecule has 0 aliphatic rings. The van der Waals surface area contributed by atoms with Crippen molar-refractivity contribution in [2.24, 2.45) is 0 Å². The highest BCUT2D eigenvalue weighted by molar-refractivity contribution is 6.35. The van der Waals surface area contributed by atoms with Crippen molar-refractivity contribution in [2.75, 3.05) is 5.73 Å². The Morgan fingerprint density at radius 2 is 2.19 bits per heavy atom. The average Bonchev–Trinajstić information content (AvgIpc) is 2.30. The van der Waals surface area contributed by atoms with Gasteiger partial charge in [0.05, 0.1) is 16.8 Å². The van der Waals surface area contributed by atoms with E-state index in [0.29, 0.717) is 11.1 Å². The molecule has 0 aliphatic carbocycles. The third-order valence-corrected chi connectivity index (χ3v) is 2.26. The Hall–Kier alpha value is -2.52. The number of hydrogen-bond donors (Lipinski definition) is 1. The number of benzene rings is 1. The van der Waals surface area contributed by atoms with Gasteiger partial charge in [0.25, 0.3) is 5.78 Å². The molecule has 0 saturated heterocycles. The number of hydrogen-bond acceptors (Lipinski definition) is 3. The molecule has 2 aromatic rings. The molecule has 0 atom stereocenters. The van der Waals surface area contributed by atoms with Crippen LogP contribution in [0.2, 0.25) is 0 Å². The van der Waals surface area contributed by atoms with Crippen LogP contribution in [0.4, 0.5) is 5.69 Å². The zero-order valence-corrected chi connectivity index (χ0v) is 8.29. The highest BCUT2D eigenvalue weighted by atomic mass is 16.1. The van der Waals surface area contributed by atoms with Gasteiger partial charge >= 0.3 is 6.21 Å². The smallest absolute Gasteiger partial charge is 0.328 e. The van der Waals surface area contributed by atoms with Crippen LogP contribution in [0, 0.1) is 0 Å². The van der Waals surface area contributed by atoms with E-state index in [0.717, 1.165) is 11.7 Å². The summed E-state index contributed by atoms with van der Waals surface area (Å²) in [7, 11) is 0. The molecule has 0 saturated carbocycles. The summed E-state index contributed by atoms with van der Waals surface area (Å²) in [6.07, 6.45) is 2.17. The number of Topliss-reactive ketones (excluding diaryl/α,β-unsaturated/α-hetero) is 1. The lowest BCUT2D eigenvalue weighted by molar-refractivity contribution is 0.00235. The van der Waals surface area contributed by atoms with E-state index in [9.17, 15) is 4.79 Å². The second-order valence-electron chi connectivity index (χ2n) is 3.21. The SMILES string of the molecule is [N-]=[N+]=CC(=O)c1cnc2ccccc2c1N. The van der Waals surface area contributed by atoms with Crippen LogP contribution in [0.15, 0.2) is 30.5 Å². The van der Waals surface area contributed by atoms with Gasteiger partial charge in [0.2, 0.25) is 0 Å². The summed E-state index contributed by atoms with van der Waals surface area (Å²) in [6.45, 7) is 0. The molecule has 0 unspecified atom stereocenters. The van der Waals surface area contributed by atoms with Crippen molar-refractivity contribution in [3.63, 3.8) is 0 Å². The molecule has 5 heteroatoms. The first-order chi connectivity index (χ1) is 7.74. The molecule has 2 rings (SSSR count). The van der Waals surface area contributed by atoms with Crippen molar-refractivity contribution in [3.8, 4) is 0 Å². The molecule has 1 aromatic carbocycles. The number of ketones is 1. The van der Waals surface area contributed by atoms with Gasteiger partial charge in [0.15, 0.2) is 0 Å². The van der Waals surface area contributed by atoms with E-state index in [2.05, 4.69) is 9.77 Å². The van der Waals surface area contributed by atoms with Gasteiger partial charge < -0.3 is 11.3 Å². The van der Waals surface area contributed by atoms with E-state index >= 15 is 0 Å². The first kappa shape index (κ1) is 10.0. The van der Waals surface area contributed by atoms with Crippen LogP contribution in [0.5, 0.6) is 0 Å². The second kappa shape index (κ2) is 3.92. The summed E-state index contributed by atoms with van der Waals surface area (Å²) in [4.78, 5) is 18.3. The minimum Gasteiger partial charge on any atom is -0.398 e. The van der Waals surface area contributed by atoms with Crippen LogP contribution in [0.3, 0.4) is 0 Å². The number of rotatable bonds is 2. The van der Waals surface area contributed by atoms with Crippen LogP contribution in [-0.4, -0.2) is 21.8 Å². The zero-order valence-electron chi connectivity index (χ0n) is 8.29. The predicted molar refractivity (Wildman–Crippen MR) is 60.2 cm³/mol. The second-order valence-corrected chi connectivity index (χ2v) is 3.21. The van der Waals surface area contributed by atoms with E-state index in [1.165, 1.54) is 6.20 Å². The molecular weight excluding hydrogens is 204 g/mol. The van der Waals surface area contributed by atoms with Crippen molar-refractivity contribution in [1.82, 2.24) is 4.98 Å². The maximum Gasteiger partial charge on any atom is 0.328 e. The Balaban J connectivity index is 2.69. The minimum absolute atomic E-state index is 0.233. The lowest BCUT2D eigenvalue weighted by Gasteiger charge is -2.03. The summed E-state index contributed by atoms with van der Waals surface area (Å²) < 4.78 is 0. The molecular formula is C11H8N4O. The average molecular weight is 212 g/mol. The Labute approximate surface area is 91.1 Å². The van der Waals surface area contributed by atoms with Crippen molar-refractivity contribution in [3.05, 3.63) is 41.6 Å². The van der Waals surface area contributed by atoms with Gasteiger partial charge in [-0.15, -0.1) is 0 Å². The van der Waals surface area contributed by atoms with E-state index in [-0.39, 0.29) is 5.56 Å². The predicted octanol–water partition coefficient (Wildman–Crippen LogP) is 1.30. The van der Waals surface area contributed by atoms with Crippen LogP contribution in [-0.2, 0) is 0 Å². The number of pyridine rings is 1. The van der Waals surface area contributed by atoms with E-state index in [1.807, 2.05) is 12.1 Å². The van der Waals surface area contributed by atoms with E-state index in [1.54, 1.807) is 12.1 Å². The first-order valence-electron chi connectivity index (χ1n) is 4.59. The third-order valence-electron chi connectivity index (χ3n) is 2.26. The highest BCUT2D eigenvalue weighted by Gasteiger charge is 2.13. The molecule has 1 heterocycles. The van der Waals surface area contributed by atoms with Gasteiger partial charge in [-0.2, -0.15) is 4.79 Å². The molecule has 0 amide bonds. The quantitative estimate of drug-likeness (QED) is 0.352. The maximum atomic E-state index is 11.5. The Morgan fingerprint density at radius 3 is 2.94 bits per heavy atom. The number of carbonyl (C=O) groups excluding carboxylic acids is 1. The monoisotopic (exact) mass is 212 g/mol. The van der Waals surface area contributed by atoms with Crippen LogP contribution >= 0.6 is 0 Å². The van der Waals surface area contributed by atoms with Crippen molar-refractivity contribution < 1.29 is 9.58 Å². The van der Waals surface area contributed by atoms with Gasteiger partial charge in [-0.1, -0.05) is 18.2 Å². The molecule has 0 spiro atoms. The Kier molecular flexibility index (Phi) is 2.45. The molecule has 1 aromatic heterocycles. The maximum absolute atomic E-state index is 11.5. The third kappa shape index (κ3) is 1.55. The molecule has 2 N–H and O–H groups in total. The van der Waals surface area contributed by atoms with Crippen molar-refractivity contribution in [1.29, 1.82) is 0 Å². The lowest BCUT2D eigenvalue weighted by atomic mass is 10.1. The number of para-hydroxylation sites is 1. The van der Waals surface area contributed by atoms with Gasteiger partial charge in [0, 0.05) is 11.6 Å². The first-order valence-corrected chi connectivity index (χ1v) is 4.59. The summed E-state index contributed by atoms with van der Waals surface area (Å²) in [5.74, 6) is -0.474. The topological polar surface area (TPSA) is 92.4 Å². The fourth-order valence-corrected chi connectivity index (χ4v) is 1.48. The van der Waals surface area contributed by atoms with Gasteiger partial charge in [-0.25, -0.2) is 0 Å². The van der Waals surface area contributed by atoms with Gasteiger partial charge in [0.1, 0.15) is 0 Å². The Bertz CT molecular complexity index is 614. The lowest BCUT2D eigenvalue weighted by Crippen LogP contribution is -2.06. The van der Waals surface area contributed by atoms with Crippen molar-refractivity contribution >= 4 is 28.6 Å². The standard InChI is InChI=1S/C11H8N4O/c12-11-7-3-1-2-4-9(7)14-5-8(11)10(16)6-15-13/h1-6H,(H2,12,14). The highest BCUT2D eigenvalue weighted by Crippen LogP contribution is 2.22. The molecule has 78 valence electrons. The number of anilines is 1. The molecule has 5 nitrogen and oxygen atoms in total. The number of aromatic nitrogens is 1. The van der Waals surface area contributed by atoms with Crippen molar-refractivity contribution in [2.45, 2.75) is 0 Å². The Morgan fingerprint density at radius 1 is 1.44 bits per heavy atom. The molecule has 16 heavy (non-hydrogen) atoms. The number of carbonyl (C=O) groups is 1.